The largest absolute Gasteiger partial charge is 0.490 e. The predicted molar refractivity (Wildman–Crippen MR) is 89.7 cm³/mol. The zero-order valence-electron chi connectivity index (χ0n) is 13.1. The third-order valence-corrected chi connectivity index (χ3v) is 4.19. The Morgan fingerprint density at radius 3 is 2.23 bits per heavy atom. The van der Waals surface area contributed by atoms with E-state index in [1.165, 1.54) is 36.8 Å². The van der Waals surface area contributed by atoms with Crippen molar-refractivity contribution in [1.82, 2.24) is 0 Å². The van der Waals surface area contributed by atoms with Crippen LogP contribution in [0.5, 0.6) is 11.5 Å². The van der Waals surface area contributed by atoms with Crippen molar-refractivity contribution in [3.8, 4) is 11.5 Å². The van der Waals surface area contributed by atoms with Crippen molar-refractivity contribution >= 4 is 5.69 Å². The lowest BCUT2D eigenvalue weighted by Crippen LogP contribution is -2.10. The molecule has 1 aliphatic rings. The van der Waals surface area contributed by atoms with Crippen LogP contribution in [0.1, 0.15) is 29.5 Å². The van der Waals surface area contributed by atoms with Crippen LogP contribution in [0.25, 0.3) is 0 Å². The second-order valence-corrected chi connectivity index (χ2v) is 5.85. The summed E-state index contributed by atoms with van der Waals surface area (Å²) in [4.78, 5) is 0. The third kappa shape index (κ3) is 3.53. The first-order valence-corrected chi connectivity index (χ1v) is 7.96. The molecule has 2 N–H and O–H groups in total. The lowest BCUT2D eigenvalue weighted by atomic mass is 9.92. The predicted octanol–water partition coefficient (Wildman–Crippen LogP) is 3.91. The van der Waals surface area contributed by atoms with Crippen LogP contribution in [0.2, 0.25) is 0 Å². The summed E-state index contributed by atoms with van der Waals surface area (Å²) in [6, 6.07) is 12.2. The fourth-order valence-corrected chi connectivity index (χ4v) is 2.83. The van der Waals surface area contributed by atoms with Gasteiger partial charge in [-0.3, -0.25) is 0 Å². The molecule has 0 bridgehead atoms. The molecule has 0 fully saturated rings. The molecule has 0 radical (unpaired) electrons. The first-order valence-electron chi connectivity index (χ1n) is 7.96. The Balaban J connectivity index is 1.49. The number of ether oxygens (including phenoxy) is 2. The molecular weight excluding hydrogens is 274 g/mol. The van der Waals surface area contributed by atoms with Gasteiger partial charge in [-0.05, 0) is 67.5 Å². The Morgan fingerprint density at radius 1 is 0.864 bits per heavy atom. The monoisotopic (exact) mass is 297 g/mol. The van der Waals surface area contributed by atoms with Crippen LogP contribution in [0.4, 0.5) is 5.69 Å². The van der Waals surface area contributed by atoms with Gasteiger partial charge in [0.1, 0.15) is 24.7 Å². The van der Waals surface area contributed by atoms with Gasteiger partial charge in [-0.25, -0.2) is 0 Å². The van der Waals surface area contributed by atoms with E-state index in [-0.39, 0.29) is 0 Å². The highest BCUT2D eigenvalue weighted by Crippen LogP contribution is 2.25. The van der Waals surface area contributed by atoms with Crippen molar-refractivity contribution in [3.05, 3.63) is 53.1 Å². The van der Waals surface area contributed by atoms with E-state index in [4.69, 9.17) is 15.2 Å². The lowest BCUT2D eigenvalue weighted by molar-refractivity contribution is 0.217. The van der Waals surface area contributed by atoms with Gasteiger partial charge in [-0.2, -0.15) is 0 Å². The SMILES string of the molecule is Cc1ccc(OCCOc2ccc3c(c2)CCCC3)cc1N. The smallest absolute Gasteiger partial charge is 0.122 e. The van der Waals surface area contributed by atoms with Gasteiger partial charge in [0.25, 0.3) is 0 Å². The fourth-order valence-electron chi connectivity index (χ4n) is 2.83. The second kappa shape index (κ2) is 6.73. The van der Waals surface area contributed by atoms with Crippen molar-refractivity contribution in [3.63, 3.8) is 0 Å². The van der Waals surface area contributed by atoms with Gasteiger partial charge in [-0.1, -0.05) is 12.1 Å². The summed E-state index contributed by atoms with van der Waals surface area (Å²) < 4.78 is 11.5. The number of hydrogen-bond acceptors (Lipinski definition) is 3. The zero-order valence-corrected chi connectivity index (χ0v) is 13.1. The summed E-state index contributed by atoms with van der Waals surface area (Å²) in [5.74, 6) is 1.73. The molecule has 1 aliphatic carbocycles. The van der Waals surface area contributed by atoms with Crippen LogP contribution >= 0.6 is 0 Å². The molecule has 116 valence electrons. The van der Waals surface area contributed by atoms with Crippen LogP contribution < -0.4 is 15.2 Å². The van der Waals surface area contributed by atoms with Crippen molar-refractivity contribution in [2.24, 2.45) is 0 Å². The molecule has 3 nitrogen and oxygen atoms in total. The summed E-state index contributed by atoms with van der Waals surface area (Å²) in [7, 11) is 0. The quantitative estimate of drug-likeness (QED) is 0.672. The molecule has 0 amide bonds. The topological polar surface area (TPSA) is 44.5 Å². The molecule has 3 heteroatoms. The number of anilines is 1. The fraction of sp³-hybridized carbons (Fsp3) is 0.368. The molecule has 2 aromatic rings. The summed E-state index contributed by atoms with van der Waals surface area (Å²) >= 11 is 0. The minimum Gasteiger partial charge on any atom is -0.490 e. The van der Waals surface area contributed by atoms with Gasteiger partial charge in [0.15, 0.2) is 0 Å². The van der Waals surface area contributed by atoms with E-state index in [2.05, 4.69) is 18.2 Å². The van der Waals surface area contributed by atoms with E-state index >= 15 is 0 Å². The van der Waals surface area contributed by atoms with Crippen molar-refractivity contribution in [2.75, 3.05) is 18.9 Å². The number of nitrogen functional groups attached to an aromatic ring is 1. The zero-order chi connectivity index (χ0) is 15.4. The minimum absolute atomic E-state index is 0.513. The summed E-state index contributed by atoms with van der Waals surface area (Å²) in [5.41, 5.74) is 10.6. The van der Waals surface area contributed by atoms with Gasteiger partial charge in [0.2, 0.25) is 0 Å². The number of rotatable bonds is 5. The number of benzene rings is 2. The summed E-state index contributed by atoms with van der Waals surface area (Å²) in [5, 5.41) is 0. The molecule has 0 saturated heterocycles. The maximum absolute atomic E-state index is 5.87. The molecule has 0 aliphatic heterocycles. The van der Waals surface area contributed by atoms with Crippen LogP contribution in [0.15, 0.2) is 36.4 Å². The van der Waals surface area contributed by atoms with Crippen LogP contribution in [0, 0.1) is 6.92 Å². The average molecular weight is 297 g/mol. The van der Waals surface area contributed by atoms with E-state index in [0.717, 1.165) is 22.7 Å². The highest BCUT2D eigenvalue weighted by atomic mass is 16.5. The van der Waals surface area contributed by atoms with Gasteiger partial charge in [0, 0.05) is 11.8 Å². The normalized spacial score (nSPS) is 13.5. The molecule has 0 atom stereocenters. The van der Waals surface area contributed by atoms with Gasteiger partial charge in [-0.15, -0.1) is 0 Å². The number of nitrogens with two attached hydrogens (primary N) is 1. The van der Waals surface area contributed by atoms with E-state index in [9.17, 15) is 0 Å². The highest BCUT2D eigenvalue weighted by Gasteiger charge is 2.09. The molecule has 0 aromatic heterocycles. The Hall–Kier alpha value is -2.16. The first-order chi connectivity index (χ1) is 10.7. The molecule has 0 heterocycles. The molecule has 0 spiro atoms. The van der Waals surface area contributed by atoms with E-state index in [1.807, 2.05) is 25.1 Å². The maximum Gasteiger partial charge on any atom is 0.122 e. The van der Waals surface area contributed by atoms with E-state index in [0.29, 0.717) is 13.2 Å². The molecule has 2 aromatic carbocycles. The minimum atomic E-state index is 0.513. The molecule has 0 unspecified atom stereocenters. The van der Waals surface area contributed by atoms with Gasteiger partial charge >= 0.3 is 0 Å². The number of aryl methyl sites for hydroxylation is 3. The average Bonchev–Trinajstić information content (AvgIpc) is 2.54. The van der Waals surface area contributed by atoms with Gasteiger partial charge in [0.05, 0.1) is 0 Å². The van der Waals surface area contributed by atoms with Gasteiger partial charge < -0.3 is 15.2 Å². The molecule has 3 rings (SSSR count). The molecular formula is C19H23NO2. The van der Waals surface area contributed by atoms with Crippen LogP contribution in [-0.4, -0.2) is 13.2 Å². The van der Waals surface area contributed by atoms with Crippen LogP contribution in [-0.2, 0) is 12.8 Å². The Morgan fingerprint density at radius 2 is 1.50 bits per heavy atom. The summed E-state index contributed by atoms with van der Waals surface area (Å²) in [6.45, 7) is 3.03. The standard InChI is InChI=1S/C19H23NO2/c1-14-6-8-18(13-19(14)20)22-11-10-21-17-9-7-15-4-2-3-5-16(15)12-17/h6-9,12-13H,2-5,10-11,20H2,1H3. The van der Waals surface area contributed by atoms with Crippen molar-refractivity contribution < 1.29 is 9.47 Å². The van der Waals surface area contributed by atoms with E-state index < -0.39 is 0 Å². The first kappa shape index (κ1) is 14.8. The third-order valence-electron chi connectivity index (χ3n) is 4.19. The number of fused-ring (bicyclic) bond motifs is 1. The highest BCUT2D eigenvalue weighted by molar-refractivity contribution is 5.50. The maximum atomic E-state index is 5.87. The molecule has 0 saturated carbocycles. The Bertz CT molecular complexity index is 652. The van der Waals surface area contributed by atoms with Crippen molar-refractivity contribution in [1.29, 1.82) is 0 Å². The molecule has 22 heavy (non-hydrogen) atoms. The lowest BCUT2D eigenvalue weighted by Gasteiger charge is -2.17. The van der Waals surface area contributed by atoms with Crippen LogP contribution in [0.3, 0.4) is 0 Å². The van der Waals surface area contributed by atoms with E-state index in [1.54, 1.807) is 0 Å². The number of hydrogen-bond donors (Lipinski definition) is 1. The second-order valence-electron chi connectivity index (χ2n) is 5.85. The summed E-state index contributed by atoms with van der Waals surface area (Å²) in [6.07, 6.45) is 4.97. The Kier molecular flexibility index (Phi) is 4.52. The Labute approximate surface area is 132 Å². The van der Waals surface area contributed by atoms with Crippen molar-refractivity contribution in [2.45, 2.75) is 32.6 Å².